The predicted molar refractivity (Wildman–Crippen MR) is 94.9 cm³/mol. The van der Waals surface area contributed by atoms with E-state index >= 15 is 0 Å². The number of nitrogens with zero attached hydrogens (tertiary/aromatic N) is 1. The van der Waals surface area contributed by atoms with Crippen LogP contribution in [-0.4, -0.2) is 17.4 Å². The molecule has 0 unspecified atom stereocenters. The lowest BCUT2D eigenvalue weighted by Gasteiger charge is -2.07. The molecule has 0 fully saturated rings. The molecule has 120 valence electrons. The van der Waals surface area contributed by atoms with Crippen molar-refractivity contribution in [2.24, 2.45) is 5.92 Å². The zero-order valence-corrected chi connectivity index (χ0v) is 14.0. The van der Waals surface area contributed by atoms with Gasteiger partial charge in [-0.25, -0.2) is 0 Å². The Labute approximate surface area is 135 Å². The van der Waals surface area contributed by atoms with Crippen molar-refractivity contribution in [3.8, 4) is 11.3 Å². The molecule has 3 heteroatoms. The summed E-state index contributed by atoms with van der Waals surface area (Å²) < 4.78 is 0. The summed E-state index contributed by atoms with van der Waals surface area (Å²) in [7, 11) is 0. The van der Waals surface area contributed by atoms with E-state index in [1.165, 1.54) is 6.42 Å². The summed E-state index contributed by atoms with van der Waals surface area (Å²) in [6.07, 6.45) is 2.87. The first-order valence-electron chi connectivity index (χ1n) is 7.88. The van der Waals surface area contributed by atoms with Crippen LogP contribution in [0.3, 0.4) is 0 Å². The smallest absolute Gasteiger partial charge is 0.252 e. The second-order valence-electron chi connectivity index (χ2n) is 5.61. The third-order valence-corrected chi connectivity index (χ3v) is 2.77. The van der Waals surface area contributed by atoms with E-state index in [0.717, 1.165) is 11.3 Å². The topological polar surface area (TPSA) is 42.0 Å². The first kappa shape index (κ1) is 17.9. The van der Waals surface area contributed by atoms with Crippen molar-refractivity contribution in [1.82, 2.24) is 10.3 Å². The quantitative estimate of drug-likeness (QED) is 0.881. The van der Waals surface area contributed by atoms with Crippen LogP contribution < -0.4 is 5.32 Å². The highest BCUT2D eigenvalue weighted by Gasteiger charge is 2.07. The average Bonchev–Trinajstić information content (AvgIpc) is 2.54. The van der Waals surface area contributed by atoms with Gasteiger partial charge in [-0.1, -0.05) is 64.4 Å². The molecule has 1 heterocycles. The first-order chi connectivity index (χ1) is 10.6. The highest BCUT2D eigenvalue weighted by atomic mass is 16.1. The van der Waals surface area contributed by atoms with Crippen LogP contribution in [0.1, 0.15) is 45.9 Å². The second-order valence-corrected chi connectivity index (χ2v) is 5.61. The summed E-state index contributed by atoms with van der Waals surface area (Å²) >= 11 is 0. The zero-order chi connectivity index (χ0) is 16.4. The van der Waals surface area contributed by atoms with Gasteiger partial charge in [0.25, 0.3) is 5.91 Å². The van der Waals surface area contributed by atoms with Gasteiger partial charge in [-0.05, 0) is 18.1 Å². The van der Waals surface area contributed by atoms with E-state index in [4.69, 9.17) is 0 Å². The second kappa shape index (κ2) is 9.72. The van der Waals surface area contributed by atoms with Gasteiger partial charge >= 0.3 is 0 Å². The van der Waals surface area contributed by atoms with Gasteiger partial charge in [0.15, 0.2) is 0 Å². The van der Waals surface area contributed by atoms with Gasteiger partial charge in [0.1, 0.15) is 0 Å². The number of rotatable bonds is 4. The Bertz CT molecular complexity index is 553. The minimum atomic E-state index is -0.0687. The van der Waals surface area contributed by atoms with Crippen LogP contribution in [-0.2, 0) is 0 Å². The molecule has 0 atom stereocenters. The van der Waals surface area contributed by atoms with Crippen LogP contribution in [0, 0.1) is 5.92 Å². The van der Waals surface area contributed by atoms with E-state index in [-0.39, 0.29) is 7.33 Å². The molecule has 2 rings (SSSR count). The number of hydrogen-bond acceptors (Lipinski definition) is 2. The molecule has 0 radical (unpaired) electrons. The monoisotopic (exact) mass is 300 g/mol. The normalized spacial score (nSPS) is 9.86. The molecule has 1 aromatic carbocycles. The summed E-state index contributed by atoms with van der Waals surface area (Å²) in [5, 5.41) is 2.88. The van der Waals surface area contributed by atoms with E-state index in [1.807, 2.05) is 42.5 Å². The third-order valence-electron chi connectivity index (χ3n) is 2.77. The van der Waals surface area contributed by atoms with Crippen LogP contribution in [0.5, 0.6) is 0 Å². The van der Waals surface area contributed by atoms with E-state index in [2.05, 4.69) is 38.0 Å². The summed E-state index contributed by atoms with van der Waals surface area (Å²) in [4.78, 5) is 16.2. The number of carbonyl (C=O) groups excluding carboxylic acids is 1. The van der Waals surface area contributed by atoms with Crippen LogP contribution in [0.4, 0.5) is 0 Å². The van der Waals surface area contributed by atoms with Gasteiger partial charge in [-0.2, -0.15) is 0 Å². The van der Waals surface area contributed by atoms with Crippen LogP contribution in [0.2, 0.25) is 0 Å². The minimum Gasteiger partial charge on any atom is -0.352 e. The standard InChI is InChI=1S/C16H18N2O.C3H8.H2/c1-12(2)10-18-16(19)14-8-9-15(17-11-14)13-6-4-3-5-7-13;1-3-2;/h3-9,11-12H,10H2,1-2H3,(H,18,19);3H2,1-2H3;1H. The van der Waals surface area contributed by atoms with Crippen molar-refractivity contribution in [2.45, 2.75) is 34.1 Å². The number of amides is 1. The number of carbonyl (C=O) groups is 1. The van der Waals surface area contributed by atoms with Crippen molar-refractivity contribution in [3.63, 3.8) is 0 Å². The van der Waals surface area contributed by atoms with Gasteiger partial charge < -0.3 is 5.32 Å². The SMILES string of the molecule is CC(C)CNC(=O)c1ccc(-c2ccccc2)nc1.CCC.[HH]. The Kier molecular flexibility index (Phi) is 7.90. The van der Waals surface area contributed by atoms with Crippen molar-refractivity contribution in [3.05, 3.63) is 54.2 Å². The van der Waals surface area contributed by atoms with E-state index in [1.54, 1.807) is 6.20 Å². The van der Waals surface area contributed by atoms with Crippen LogP contribution >= 0.6 is 0 Å². The fourth-order valence-corrected chi connectivity index (χ4v) is 1.71. The summed E-state index contributed by atoms with van der Waals surface area (Å²) in [6, 6.07) is 13.6. The molecule has 1 N–H and O–H groups in total. The number of nitrogens with one attached hydrogen (secondary N) is 1. The van der Waals surface area contributed by atoms with Gasteiger partial charge in [0.05, 0.1) is 11.3 Å². The first-order valence-corrected chi connectivity index (χ1v) is 7.88. The van der Waals surface area contributed by atoms with Gasteiger partial charge in [-0.15, -0.1) is 0 Å². The summed E-state index contributed by atoms with van der Waals surface area (Å²) in [6.45, 7) is 9.06. The van der Waals surface area contributed by atoms with Crippen molar-refractivity contribution < 1.29 is 6.22 Å². The van der Waals surface area contributed by atoms with E-state index in [0.29, 0.717) is 18.0 Å². The Morgan fingerprint density at radius 3 is 2.27 bits per heavy atom. The molecule has 0 spiro atoms. The molecule has 3 nitrogen and oxygen atoms in total. The van der Waals surface area contributed by atoms with Crippen molar-refractivity contribution in [2.75, 3.05) is 6.54 Å². The Balaban J connectivity index is 0.00000112. The highest BCUT2D eigenvalue weighted by molar-refractivity contribution is 5.94. The lowest BCUT2D eigenvalue weighted by molar-refractivity contribution is 0.0948. The highest BCUT2D eigenvalue weighted by Crippen LogP contribution is 2.16. The maximum absolute atomic E-state index is 11.8. The minimum absolute atomic E-state index is 0. The molecular weight excluding hydrogens is 272 g/mol. The number of hydrogen-bond donors (Lipinski definition) is 1. The third kappa shape index (κ3) is 6.08. The molecule has 0 aliphatic carbocycles. The summed E-state index contributed by atoms with van der Waals surface area (Å²) in [5.41, 5.74) is 2.53. The number of benzene rings is 1. The van der Waals surface area contributed by atoms with Gasteiger partial charge in [0.2, 0.25) is 0 Å². The fraction of sp³-hybridized carbons (Fsp3) is 0.368. The lowest BCUT2D eigenvalue weighted by atomic mass is 10.1. The average molecular weight is 300 g/mol. The zero-order valence-electron chi connectivity index (χ0n) is 14.0. The Morgan fingerprint density at radius 1 is 1.14 bits per heavy atom. The van der Waals surface area contributed by atoms with E-state index < -0.39 is 0 Å². The van der Waals surface area contributed by atoms with Gasteiger partial charge in [-0.3, -0.25) is 9.78 Å². The molecule has 0 aliphatic heterocycles. The fourth-order valence-electron chi connectivity index (χ4n) is 1.71. The molecule has 22 heavy (non-hydrogen) atoms. The molecule has 2 aromatic rings. The largest absolute Gasteiger partial charge is 0.352 e. The molecule has 0 aliphatic rings. The number of pyridine rings is 1. The maximum Gasteiger partial charge on any atom is 0.252 e. The molecule has 0 bridgehead atoms. The molecular formula is C19H28N2O. The maximum atomic E-state index is 11.8. The summed E-state index contributed by atoms with van der Waals surface area (Å²) in [5.74, 6) is 0.376. The van der Waals surface area contributed by atoms with Gasteiger partial charge in [0, 0.05) is 19.7 Å². The van der Waals surface area contributed by atoms with E-state index in [9.17, 15) is 4.79 Å². The Morgan fingerprint density at radius 2 is 1.77 bits per heavy atom. The van der Waals surface area contributed by atoms with Crippen molar-refractivity contribution in [1.29, 1.82) is 0 Å². The molecule has 1 amide bonds. The predicted octanol–water partition coefficient (Wildman–Crippen LogP) is 4.80. The Hall–Kier alpha value is -2.16. The van der Waals surface area contributed by atoms with Crippen LogP contribution in [0.15, 0.2) is 48.7 Å². The molecule has 0 saturated carbocycles. The van der Waals surface area contributed by atoms with Crippen LogP contribution in [0.25, 0.3) is 11.3 Å². The lowest BCUT2D eigenvalue weighted by Crippen LogP contribution is -2.27. The molecule has 1 aromatic heterocycles. The number of aromatic nitrogens is 1. The molecule has 0 saturated heterocycles. The van der Waals surface area contributed by atoms with Crippen molar-refractivity contribution >= 4 is 5.91 Å².